The molecule has 6 heteroatoms. The fourth-order valence-electron chi connectivity index (χ4n) is 4.71. The lowest BCUT2D eigenvalue weighted by atomic mass is 9.84. The Bertz CT molecular complexity index is 1350. The van der Waals surface area contributed by atoms with Crippen molar-refractivity contribution in [1.29, 1.82) is 0 Å². The van der Waals surface area contributed by atoms with Gasteiger partial charge >= 0.3 is 0 Å². The normalized spacial score (nSPS) is 18.5. The maximum atomic E-state index is 6.68. The van der Waals surface area contributed by atoms with Gasteiger partial charge in [-0.25, -0.2) is 4.68 Å². The smallest absolute Gasteiger partial charge is 0.226 e. The number of nitrogens with zero attached hydrogens (tertiary/aromatic N) is 4. The average Bonchev–Trinajstić information content (AvgIpc) is 3.31. The molecule has 3 heterocycles. The minimum Gasteiger partial charge on any atom is -0.480 e. The van der Waals surface area contributed by atoms with Crippen LogP contribution >= 0.6 is 0 Å². The van der Waals surface area contributed by atoms with E-state index >= 15 is 0 Å². The van der Waals surface area contributed by atoms with Crippen LogP contribution in [-0.4, -0.2) is 28.9 Å². The summed E-state index contributed by atoms with van der Waals surface area (Å²) in [7, 11) is 4.10. The summed E-state index contributed by atoms with van der Waals surface area (Å²) in [6.07, 6.45) is 1.34. The lowest BCUT2D eigenvalue weighted by Gasteiger charge is -2.39. The number of hydrogen-bond donors (Lipinski definition) is 1. The largest absolute Gasteiger partial charge is 0.480 e. The van der Waals surface area contributed by atoms with Gasteiger partial charge in [0.05, 0.1) is 5.70 Å². The second kappa shape index (κ2) is 7.52. The van der Waals surface area contributed by atoms with Crippen molar-refractivity contribution in [2.24, 2.45) is 0 Å². The molecular formula is C27H25N5O. The van der Waals surface area contributed by atoms with E-state index < -0.39 is 0 Å². The van der Waals surface area contributed by atoms with E-state index in [4.69, 9.17) is 4.74 Å². The maximum Gasteiger partial charge on any atom is 0.226 e. The molecule has 6 rings (SSSR count). The zero-order valence-corrected chi connectivity index (χ0v) is 18.9. The van der Waals surface area contributed by atoms with Crippen LogP contribution in [0, 0.1) is 6.92 Å². The van der Waals surface area contributed by atoms with Crippen LogP contribution in [0.3, 0.4) is 0 Å². The van der Waals surface area contributed by atoms with Gasteiger partial charge < -0.3 is 15.0 Å². The summed E-state index contributed by atoms with van der Waals surface area (Å²) in [5.74, 6) is 1.60. The topological polar surface area (TPSA) is 55.2 Å². The number of aromatic nitrogens is 3. The molecule has 0 amide bonds. The Balaban J connectivity index is 1.58. The molecule has 0 fully saturated rings. The lowest BCUT2D eigenvalue weighted by Crippen LogP contribution is -2.32. The van der Waals surface area contributed by atoms with Crippen molar-refractivity contribution in [2.45, 2.75) is 19.1 Å². The molecule has 0 aliphatic carbocycles. The summed E-state index contributed by atoms with van der Waals surface area (Å²) < 4.78 is 8.64. The van der Waals surface area contributed by atoms with E-state index in [1.807, 2.05) is 37.0 Å². The second-order valence-corrected chi connectivity index (χ2v) is 8.78. The summed E-state index contributed by atoms with van der Waals surface area (Å²) in [4.78, 5) is 6.60. The van der Waals surface area contributed by atoms with Crippen molar-refractivity contribution in [3.8, 4) is 5.75 Å². The highest BCUT2D eigenvalue weighted by atomic mass is 16.5. The van der Waals surface area contributed by atoms with Gasteiger partial charge in [0.25, 0.3) is 0 Å². The monoisotopic (exact) mass is 435 g/mol. The number of fused-ring (bicyclic) bond motifs is 3. The number of anilines is 2. The molecule has 0 saturated carbocycles. The summed E-state index contributed by atoms with van der Waals surface area (Å²) in [6.45, 7) is 2.10. The molecule has 6 nitrogen and oxygen atoms in total. The lowest BCUT2D eigenvalue weighted by molar-refractivity contribution is 0.223. The van der Waals surface area contributed by atoms with E-state index in [0.717, 1.165) is 45.3 Å². The first-order chi connectivity index (χ1) is 16.1. The van der Waals surface area contributed by atoms with Crippen molar-refractivity contribution in [2.75, 3.05) is 24.3 Å². The average molecular weight is 436 g/mol. The molecule has 2 aliphatic rings. The summed E-state index contributed by atoms with van der Waals surface area (Å²) in [5.41, 5.74) is 7.85. The Hall–Kier alpha value is -4.06. The Morgan fingerprint density at radius 3 is 2.39 bits per heavy atom. The molecule has 33 heavy (non-hydrogen) atoms. The first-order valence-electron chi connectivity index (χ1n) is 11.1. The molecule has 0 bridgehead atoms. The predicted octanol–water partition coefficient (Wildman–Crippen LogP) is 5.21. The van der Waals surface area contributed by atoms with Gasteiger partial charge in [0.1, 0.15) is 24.2 Å². The third-order valence-electron chi connectivity index (χ3n) is 6.43. The molecule has 0 spiro atoms. The molecule has 0 radical (unpaired) electrons. The standard InChI is InChI=1S/C27H25N5O/c1-17-8-10-18(11-9-17)25-23-24(30-27-28-16-29-32(25)27)21-6-4-5-7-22(21)33-26(23)19-12-14-20(15-13-19)31(2)3/h4-16,25-26H,1-3H3,(H,28,29,30). The van der Waals surface area contributed by atoms with Gasteiger partial charge in [-0.3, -0.25) is 0 Å². The van der Waals surface area contributed by atoms with Gasteiger partial charge in [-0.2, -0.15) is 10.1 Å². The summed E-state index contributed by atoms with van der Waals surface area (Å²) in [5, 5.41) is 8.15. The van der Waals surface area contributed by atoms with E-state index in [-0.39, 0.29) is 12.1 Å². The number of rotatable bonds is 3. The molecule has 2 unspecified atom stereocenters. The Morgan fingerprint density at radius 1 is 0.909 bits per heavy atom. The molecule has 2 atom stereocenters. The van der Waals surface area contributed by atoms with E-state index in [9.17, 15) is 0 Å². The highest BCUT2D eigenvalue weighted by Crippen LogP contribution is 2.50. The van der Waals surface area contributed by atoms with Crippen molar-refractivity contribution < 1.29 is 4.74 Å². The van der Waals surface area contributed by atoms with Crippen LogP contribution in [0.5, 0.6) is 5.75 Å². The minimum absolute atomic E-state index is 0.133. The molecule has 1 aromatic heterocycles. The van der Waals surface area contributed by atoms with Crippen molar-refractivity contribution in [1.82, 2.24) is 14.8 Å². The highest BCUT2D eigenvalue weighted by Gasteiger charge is 2.40. The predicted molar refractivity (Wildman–Crippen MR) is 130 cm³/mol. The number of aryl methyl sites for hydroxylation is 1. The van der Waals surface area contributed by atoms with Gasteiger partial charge in [0.15, 0.2) is 0 Å². The van der Waals surface area contributed by atoms with Gasteiger partial charge in [-0.1, -0.05) is 54.1 Å². The third-order valence-corrected chi connectivity index (χ3v) is 6.43. The van der Waals surface area contributed by atoms with Crippen molar-refractivity contribution >= 4 is 17.3 Å². The zero-order chi connectivity index (χ0) is 22.5. The molecule has 164 valence electrons. The highest BCUT2D eigenvalue weighted by molar-refractivity contribution is 5.85. The molecular weight excluding hydrogens is 410 g/mol. The van der Waals surface area contributed by atoms with Gasteiger partial charge in [0, 0.05) is 30.9 Å². The molecule has 0 saturated heterocycles. The van der Waals surface area contributed by atoms with Crippen molar-refractivity contribution in [3.63, 3.8) is 0 Å². The first-order valence-corrected chi connectivity index (χ1v) is 11.1. The van der Waals surface area contributed by atoms with Gasteiger partial charge in [-0.15, -0.1) is 0 Å². The number of para-hydroxylation sites is 1. The van der Waals surface area contributed by atoms with E-state index in [1.165, 1.54) is 5.56 Å². The van der Waals surface area contributed by atoms with Crippen LogP contribution in [-0.2, 0) is 0 Å². The summed E-state index contributed by atoms with van der Waals surface area (Å²) >= 11 is 0. The number of benzene rings is 3. The second-order valence-electron chi connectivity index (χ2n) is 8.78. The molecule has 3 aromatic carbocycles. The third kappa shape index (κ3) is 3.18. The van der Waals surface area contributed by atoms with Crippen LogP contribution in [0.4, 0.5) is 11.6 Å². The van der Waals surface area contributed by atoms with Crippen LogP contribution in [0.2, 0.25) is 0 Å². The first kappa shape index (κ1) is 19.6. The van der Waals surface area contributed by atoms with Crippen LogP contribution in [0.25, 0.3) is 5.70 Å². The maximum absolute atomic E-state index is 6.68. The number of ether oxygens (including phenoxy) is 1. The fourth-order valence-corrected chi connectivity index (χ4v) is 4.71. The molecule has 4 aromatic rings. The molecule has 2 aliphatic heterocycles. The van der Waals surface area contributed by atoms with Gasteiger partial charge in [-0.05, 0) is 42.3 Å². The zero-order valence-electron chi connectivity index (χ0n) is 18.9. The van der Waals surface area contributed by atoms with E-state index in [0.29, 0.717) is 0 Å². The van der Waals surface area contributed by atoms with E-state index in [1.54, 1.807) is 6.33 Å². The van der Waals surface area contributed by atoms with Gasteiger partial charge in [0.2, 0.25) is 5.95 Å². The van der Waals surface area contributed by atoms with Crippen LogP contribution in [0.1, 0.15) is 34.4 Å². The number of nitrogens with one attached hydrogen (secondary N) is 1. The van der Waals surface area contributed by atoms with E-state index in [2.05, 4.69) is 81.8 Å². The Labute approximate surface area is 193 Å². The Kier molecular flexibility index (Phi) is 4.47. The van der Waals surface area contributed by atoms with Crippen LogP contribution < -0.4 is 15.0 Å². The van der Waals surface area contributed by atoms with Crippen molar-refractivity contribution in [3.05, 3.63) is 107 Å². The summed E-state index contributed by atoms with van der Waals surface area (Å²) in [6, 6.07) is 25.3. The Morgan fingerprint density at radius 2 is 1.64 bits per heavy atom. The number of hydrogen-bond acceptors (Lipinski definition) is 5. The SMILES string of the molecule is Cc1ccc(C2C3=C(Nc4ncnn42)c2ccccc2OC3c2ccc(N(C)C)cc2)cc1. The van der Waals surface area contributed by atoms with Crippen LogP contribution in [0.15, 0.2) is 84.7 Å². The minimum atomic E-state index is -0.262. The fraction of sp³-hybridized carbons (Fsp3) is 0.185. The molecule has 1 N–H and O–H groups in total. The quantitative estimate of drug-likeness (QED) is 0.479.